The van der Waals surface area contributed by atoms with Gasteiger partial charge in [-0.3, -0.25) is 9.78 Å². The van der Waals surface area contributed by atoms with Gasteiger partial charge in [-0.05, 0) is 17.7 Å². The molecule has 0 saturated heterocycles. The molecule has 4 heteroatoms. The summed E-state index contributed by atoms with van der Waals surface area (Å²) in [7, 11) is 0. The first kappa shape index (κ1) is 11.8. The second kappa shape index (κ2) is 5.60. The Morgan fingerprint density at radius 2 is 1.83 bits per heavy atom. The summed E-state index contributed by atoms with van der Waals surface area (Å²) >= 11 is 0. The normalized spacial score (nSPS) is 11.3. The summed E-state index contributed by atoms with van der Waals surface area (Å²) in [5, 5.41) is 11.8. The molecule has 0 radical (unpaired) electrons. The number of aromatic nitrogens is 1. The highest BCUT2D eigenvalue weighted by molar-refractivity contribution is 5.94. The molecule has 4 nitrogen and oxygen atoms in total. The molecule has 0 bridgehead atoms. The summed E-state index contributed by atoms with van der Waals surface area (Å²) in [6, 6.07) is 13.8. The summed E-state index contributed by atoms with van der Waals surface area (Å²) < 4.78 is 0. The summed E-state index contributed by atoms with van der Waals surface area (Å²) in [6.45, 7) is 0. The van der Waals surface area contributed by atoms with E-state index in [1.165, 1.54) is 0 Å². The predicted molar refractivity (Wildman–Crippen MR) is 66.5 cm³/mol. The Morgan fingerprint density at radius 3 is 2.44 bits per heavy atom. The Bertz CT molecular complexity index is 561. The molecular weight excluding hydrogens is 226 g/mol. The van der Waals surface area contributed by atoms with Crippen molar-refractivity contribution in [2.75, 3.05) is 0 Å². The third-order valence-corrected chi connectivity index (χ3v) is 2.48. The van der Waals surface area contributed by atoms with Crippen LogP contribution in [0.5, 0.6) is 0 Å². The zero-order chi connectivity index (χ0) is 12.8. The Balaban J connectivity index is 2.14. The minimum Gasteiger partial charge on any atom is -0.332 e. The van der Waals surface area contributed by atoms with Crippen molar-refractivity contribution < 1.29 is 4.79 Å². The van der Waals surface area contributed by atoms with Crippen LogP contribution >= 0.6 is 0 Å². The number of nitriles is 1. The van der Waals surface area contributed by atoms with Crippen molar-refractivity contribution in [1.82, 2.24) is 10.3 Å². The Kier molecular flexibility index (Phi) is 3.67. The lowest BCUT2D eigenvalue weighted by atomic mass is 10.1. The average Bonchev–Trinajstić information content (AvgIpc) is 2.46. The topological polar surface area (TPSA) is 65.8 Å². The van der Waals surface area contributed by atoms with Gasteiger partial charge in [0.05, 0.1) is 6.07 Å². The molecule has 2 rings (SSSR count). The Hall–Kier alpha value is -2.67. The number of benzene rings is 1. The molecule has 2 aromatic rings. The number of nitrogens with zero attached hydrogens (tertiary/aromatic N) is 2. The summed E-state index contributed by atoms with van der Waals surface area (Å²) in [5.74, 6) is -0.284. The second-order valence-corrected chi connectivity index (χ2v) is 3.68. The van der Waals surface area contributed by atoms with E-state index in [1.807, 2.05) is 18.2 Å². The first-order chi connectivity index (χ1) is 8.81. The smallest absolute Gasteiger partial charge is 0.252 e. The first-order valence-corrected chi connectivity index (χ1v) is 5.46. The first-order valence-electron chi connectivity index (χ1n) is 5.46. The van der Waals surface area contributed by atoms with Crippen molar-refractivity contribution in [3.8, 4) is 6.07 Å². The predicted octanol–water partition coefficient (Wildman–Crippen LogP) is 2.08. The average molecular weight is 237 g/mol. The van der Waals surface area contributed by atoms with Crippen LogP contribution in [-0.2, 0) is 0 Å². The van der Waals surface area contributed by atoms with Crippen LogP contribution in [0.4, 0.5) is 0 Å². The lowest BCUT2D eigenvalue weighted by Gasteiger charge is -2.11. The van der Waals surface area contributed by atoms with E-state index in [2.05, 4.69) is 16.4 Å². The quantitative estimate of drug-likeness (QED) is 0.888. The van der Waals surface area contributed by atoms with E-state index in [9.17, 15) is 4.79 Å². The fourth-order valence-electron chi connectivity index (χ4n) is 1.55. The molecule has 1 unspecified atom stereocenters. The standard InChI is InChI=1S/C14H11N3O/c15-10-13(11-4-2-1-3-5-11)17-14(18)12-6-8-16-9-7-12/h1-9,13H,(H,17,18). The number of rotatable bonds is 3. The van der Waals surface area contributed by atoms with Crippen molar-refractivity contribution in [3.63, 3.8) is 0 Å². The highest BCUT2D eigenvalue weighted by Gasteiger charge is 2.14. The van der Waals surface area contributed by atoms with Crippen LogP contribution in [-0.4, -0.2) is 10.9 Å². The highest BCUT2D eigenvalue weighted by atomic mass is 16.1. The molecule has 1 heterocycles. The highest BCUT2D eigenvalue weighted by Crippen LogP contribution is 2.12. The SMILES string of the molecule is N#CC(NC(=O)c1ccncc1)c1ccccc1. The molecule has 0 fully saturated rings. The third-order valence-electron chi connectivity index (χ3n) is 2.48. The molecule has 0 spiro atoms. The van der Waals surface area contributed by atoms with E-state index in [-0.39, 0.29) is 5.91 Å². The summed E-state index contributed by atoms with van der Waals surface area (Å²) in [4.78, 5) is 15.7. The van der Waals surface area contributed by atoms with Gasteiger partial charge < -0.3 is 5.32 Å². The van der Waals surface area contributed by atoms with E-state index in [1.54, 1.807) is 36.7 Å². The van der Waals surface area contributed by atoms with Crippen LogP contribution in [0.1, 0.15) is 22.0 Å². The molecule has 1 atom stereocenters. The van der Waals surface area contributed by atoms with Gasteiger partial charge in [-0.1, -0.05) is 30.3 Å². The molecular formula is C14H11N3O. The van der Waals surface area contributed by atoms with E-state index >= 15 is 0 Å². The molecule has 1 aromatic heterocycles. The Labute approximate surface area is 105 Å². The number of hydrogen-bond acceptors (Lipinski definition) is 3. The molecule has 1 N–H and O–H groups in total. The minimum atomic E-state index is -0.646. The van der Waals surface area contributed by atoms with Gasteiger partial charge in [-0.25, -0.2) is 0 Å². The number of carbonyl (C=O) groups is 1. The van der Waals surface area contributed by atoms with Gasteiger partial charge >= 0.3 is 0 Å². The van der Waals surface area contributed by atoms with Gasteiger partial charge in [0.1, 0.15) is 6.04 Å². The van der Waals surface area contributed by atoms with E-state index in [0.717, 1.165) is 5.56 Å². The van der Waals surface area contributed by atoms with Crippen molar-refractivity contribution in [2.45, 2.75) is 6.04 Å². The van der Waals surface area contributed by atoms with Crippen LogP contribution in [0.3, 0.4) is 0 Å². The minimum absolute atomic E-state index is 0.284. The number of pyridine rings is 1. The van der Waals surface area contributed by atoms with Crippen LogP contribution in [0.15, 0.2) is 54.9 Å². The van der Waals surface area contributed by atoms with Gasteiger partial charge in [0.15, 0.2) is 0 Å². The fourth-order valence-corrected chi connectivity index (χ4v) is 1.55. The summed E-state index contributed by atoms with van der Waals surface area (Å²) in [6.07, 6.45) is 3.08. The van der Waals surface area contributed by atoms with Crippen molar-refractivity contribution in [3.05, 3.63) is 66.0 Å². The maximum absolute atomic E-state index is 11.9. The van der Waals surface area contributed by atoms with Crippen LogP contribution in [0, 0.1) is 11.3 Å². The van der Waals surface area contributed by atoms with Gasteiger partial charge in [-0.2, -0.15) is 5.26 Å². The Morgan fingerprint density at radius 1 is 1.17 bits per heavy atom. The lowest BCUT2D eigenvalue weighted by molar-refractivity contribution is 0.0945. The molecule has 18 heavy (non-hydrogen) atoms. The van der Waals surface area contributed by atoms with E-state index < -0.39 is 6.04 Å². The van der Waals surface area contributed by atoms with Gasteiger partial charge in [0.2, 0.25) is 0 Å². The van der Waals surface area contributed by atoms with Crippen LogP contribution in [0.2, 0.25) is 0 Å². The van der Waals surface area contributed by atoms with Gasteiger partial charge in [-0.15, -0.1) is 0 Å². The number of carbonyl (C=O) groups excluding carboxylic acids is 1. The third kappa shape index (κ3) is 2.71. The van der Waals surface area contributed by atoms with Crippen LogP contribution < -0.4 is 5.32 Å². The van der Waals surface area contributed by atoms with Crippen molar-refractivity contribution >= 4 is 5.91 Å². The largest absolute Gasteiger partial charge is 0.332 e. The monoisotopic (exact) mass is 237 g/mol. The number of nitrogens with one attached hydrogen (secondary N) is 1. The number of amides is 1. The lowest BCUT2D eigenvalue weighted by Crippen LogP contribution is -2.27. The van der Waals surface area contributed by atoms with E-state index in [0.29, 0.717) is 5.56 Å². The molecule has 1 amide bonds. The second-order valence-electron chi connectivity index (χ2n) is 3.68. The fraction of sp³-hybridized carbons (Fsp3) is 0.0714. The molecule has 0 aliphatic heterocycles. The summed E-state index contributed by atoms with van der Waals surface area (Å²) in [5.41, 5.74) is 1.25. The zero-order valence-electron chi connectivity index (χ0n) is 9.58. The van der Waals surface area contributed by atoms with Gasteiger partial charge in [0.25, 0.3) is 5.91 Å². The molecule has 0 aliphatic rings. The van der Waals surface area contributed by atoms with Gasteiger partial charge in [0, 0.05) is 18.0 Å². The van der Waals surface area contributed by atoms with E-state index in [4.69, 9.17) is 5.26 Å². The molecule has 0 aliphatic carbocycles. The number of hydrogen-bond donors (Lipinski definition) is 1. The maximum Gasteiger partial charge on any atom is 0.252 e. The molecule has 1 aromatic carbocycles. The molecule has 88 valence electrons. The maximum atomic E-state index is 11.9. The van der Waals surface area contributed by atoms with Crippen molar-refractivity contribution in [1.29, 1.82) is 5.26 Å². The van der Waals surface area contributed by atoms with Crippen molar-refractivity contribution in [2.24, 2.45) is 0 Å². The zero-order valence-corrected chi connectivity index (χ0v) is 9.58. The molecule has 0 saturated carbocycles. The van der Waals surface area contributed by atoms with Crippen LogP contribution in [0.25, 0.3) is 0 Å².